The van der Waals surface area contributed by atoms with Gasteiger partial charge in [0, 0.05) is 30.6 Å². The standard InChI is InChI=1S/C27H33N5O2/c1-4-20-12-19(11-10-18(20)2)17-34-25-9-7-5-6-8-24(25)31-27(33)23-13-21(14-29-26(23)28)22-15-30-32(3)16-22/h5,7,10-16,24-25H,4,6,8-9,17H2,1-3H3,(H2,28,29)(H,31,33)/t24-,25-/m0/s1. The number of anilines is 1. The molecule has 0 saturated heterocycles. The zero-order chi connectivity index (χ0) is 24.1. The van der Waals surface area contributed by atoms with Gasteiger partial charge >= 0.3 is 0 Å². The van der Waals surface area contributed by atoms with Gasteiger partial charge in [0.2, 0.25) is 0 Å². The quantitative estimate of drug-likeness (QED) is 0.512. The number of hydrogen-bond donors (Lipinski definition) is 2. The maximum atomic E-state index is 13.2. The second kappa shape index (κ2) is 10.7. The topological polar surface area (TPSA) is 95.1 Å². The molecule has 0 aliphatic heterocycles. The Balaban J connectivity index is 1.48. The van der Waals surface area contributed by atoms with Gasteiger partial charge in [0.1, 0.15) is 5.82 Å². The predicted molar refractivity (Wildman–Crippen MR) is 134 cm³/mol. The van der Waals surface area contributed by atoms with Gasteiger partial charge in [-0.05, 0) is 55.4 Å². The number of amides is 1. The monoisotopic (exact) mass is 459 g/mol. The van der Waals surface area contributed by atoms with Crippen molar-refractivity contribution in [2.45, 2.75) is 58.3 Å². The first-order valence-corrected chi connectivity index (χ1v) is 11.8. The molecule has 0 fully saturated rings. The second-order valence-electron chi connectivity index (χ2n) is 8.89. The number of carbonyl (C=O) groups excluding carboxylic acids is 1. The van der Waals surface area contributed by atoms with Gasteiger partial charge in [-0.2, -0.15) is 5.10 Å². The van der Waals surface area contributed by atoms with Crippen molar-refractivity contribution < 1.29 is 9.53 Å². The summed E-state index contributed by atoms with van der Waals surface area (Å²) in [5, 5.41) is 7.37. The fourth-order valence-electron chi connectivity index (χ4n) is 4.35. The first-order valence-electron chi connectivity index (χ1n) is 11.8. The van der Waals surface area contributed by atoms with Crippen molar-refractivity contribution in [2.24, 2.45) is 7.05 Å². The highest BCUT2D eigenvalue weighted by atomic mass is 16.5. The second-order valence-corrected chi connectivity index (χ2v) is 8.89. The number of nitrogens with two attached hydrogens (primary N) is 1. The van der Waals surface area contributed by atoms with Crippen molar-refractivity contribution in [3.8, 4) is 11.1 Å². The van der Waals surface area contributed by atoms with Crippen molar-refractivity contribution in [3.63, 3.8) is 0 Å². The van der Waals surface area contributed by atoms with E-state index in [-0.39, 0.29) is 23.9 Å². The highest BCUT2D eigenvalue weighted by Gasteiger charge is 2.26. The van der Waals surface area contributed by atoms with Crippen LogP contribution in [0.5, 0.6) is 0 Å². The third kappa shape index (κ3) is 5.54. The van der Waals surface area contributed by atoms with Gasteiger partial charge in [-0.3, -0.25) is 9.48 Å². The zero-order valence-electron chi connectivity index (χ0n) is 20.1. The molecule has 2 atom stereocenters. The summed E-state index contributed by atoms with van der Waals surface area (Å²) >= 11 is 0. The van der Waals surface area contributed by atoms with Crippen LogP contribution in [0.2, 0.25) is 0 Å². The van der Waals surface area contributed by atoms with Crippen LogP contribution in [0.15, 0.2) is 55.0 Å². The van der Waals surface area contributed by atoms with Crippen LogP contribution in [0.3, 0.4) is 0 Å². The van der Waals surface area contributed by atoms with E-state index < -0.39 is 0 Å². The molecule has 34 heavy (non-hydrogen) atoms. The minimum absolute atomic E-state index is 0.121. The Labute approximate surface area is 201 Å². The Morgan fingerprint density at radius 1 is 1.24 bits per heavy atom. The van der Waals surface area contributed by atoms with Gasteiger partial charge in [0.25, 0.3) is 5.91 Å². The third-order valence-electron chi connectivity index (χ3n) is 6.40. The molecule has 7 heteroatoms. The number of aryl methyl sites for hydroxylation is 3. The van der Waals surface area contributed by atoms with E-state index in [0.29, 0.717) is 12.2 Å². The minimum atomic E-state index is -0.236. The fourth-order valence-corrected chi connectivity index (χ4v) is 4.35. The Hall–Kier alpha value is -3.45. The maximum absolute atomic E-state index is 13.2. The summed E-state index contributed by atoms with van der Waals surface area (Å²) in [6.45, 7) is 4.81. The molecule has 7 nitrogen and oxygen atoms in total. The summed E-state index contributed by atoms with van der Waals surface area (Å²) in [5.74, 6) is -0.0269. The first kappa shape index (κ1) is 23.7. The fraction of sp³-hybridized carbons (Fsp3) is 0.370. The van der Waals surface area contributed by atoms with E-state index in [1.807, 2.05) is 13.2 Å². The average molecular weight is 460 g/mol. The largest absolute Gasteiger partial charge is 0.383 e. The molecule has 1 aromatic carbocycles. The number of rotatable bonds is 7. The van der Waals surface area contributed by atoms with E-state index in [9.17, 15) is 4.79 Å². The van der Waals surface area contributed by atoms with E-state index in [0.717, 1.165) is 42.4 Å². The summed E-state index contributed by atoms with van der Waals surface area (Å²) < 4.78 is 8.05. The maximum Gasteiger partial charge on any atom is 0.255 e. The van der Waals surface area contributed by atoms with Gasteiger partial charge in [0.05, 0.1) is 30.5 Å². The summed E-state index contributed by atoms with van der Waals surface area (Å²) in [4.78, 5) is 17.5. The number of aromatic nitrogens is 3. The number of benzene rings is 1. The van der Waals surface area contributed by atoms with E-state index >= 15 is 0 Å². The zero-order valence-corrected chi connectivity index (χ0v) is 20.1. The SMILES string of the molecule is CCc1cc(CO[C@H]2CC=CCC[C@@H]2NC(=O)c2cc(-c3cnn(C)c3)cnc2N)ccc1C. The van der Waals surface area contributed by atoms with Gasteiger partial charge in [0.15, 0.2) is 0 Å². The van der Waals surface area contributed by atoms with E-state index in [4.69, 9.17) is 10.5 Å². The van der Waals surface area contributed by atoms with Crippen molar-refractivity contribution in [2.75, 3.05) is 5.73 Å². The summed E-state index contributed by atoms with van der Waals surface area (Å²) in [5.41, 5.74) is 11.9. The van der Waals surface area contributed by atoms with Crippen molar-refractivity contribution in [3.05, 3.63) is 77.3 Å². The van der Waals surface area contributed by atoms with Gasteiger partial charge in [-0.1, -0.05) is 37.3 Å². The highest BCUT2D eigenvalue weighted by molar-refractivity contribution is 5.99. The van der Waals surface area contributed by atoms with Gasteiger partial charge in [-0.15, -0.1) is 0 Å². The molecular weight excluding hydrogens is 426 g/mol. The Morgan fingerprint density at radius 2 is 2.09 bits per heavy atom. The molecule has 0 bridgehead atoms. The van der Waals surface area contributed by atoms with Crippen LogP contribution in [-0.4, -0.2) is 32.8 Å². The van der Waals surface area contributed by atoms with Crippen LogP contribution >= 0.6 is 0 Å². The third-order valence-corrected chi connectivity index (χ3v) is 6.40. The average Bonchev–Trinajstić information content (AvgIpc) is 3.15. The van der Waals surface area contributed by atoms with Crippen LogP contribution in [0.1, 0.15) is 53.2 Å². The molecule has 1 aliphatic rings. The van der Waals surface area contributed by atoms with Crippen molar-refractivity contribution >= 4 is 11.7 Å². The highest BCUT2D eigenvalue weighted by Crippen LogP contribution is 2.23. The van der Waals surface area contributed by atoms with Crippen LogP contribution in [0.25, 0.3) is 11.1 Å². The molecular formula is C27H33N5O2. The molecule has 2 heterocycles. The lowest BCUT2D eigenvalue weighted by molar-refractivity contribution is 0.0160. The number of ether oxygens (including phenoxy) is 1. The van der Waals surface area contributed by atoms with Crippen molar-refractivity contribution in [1.82, 2.24) is 20.1 Å². The Kier molecular flexibility index (Phi) is 7.43. The van der Waals surface area contributed by atoms with Crippen LogP contribution in [0.4, 0.5) is 5.82 Å². The van der Waals surface area contributed by atoms with Crippen LogP contribution in [-0.2, 0) is 24.8 Å². The molecule has 178 valence electrons. The summed E-state index contributed by atoms with van der Waals surface area (Å²) in [7, 11) is 1.85. The Bertz CT molecular complexity index is 1180. The van der Waals surface area contributed by atoms with Crippen molar-refractivity contribution in [1.29, 1.82) is 0 Å². The molecule has 1 amide bonds. The normalized spacial score (nSPS) is 18.0. The van der Waals surface area contributed by atoms with Gasteiger partial charge < -0.3 is 15.8 Å². The number of carbonyl (C=O) groups is 1. The van der Waals surface area contributed by atoms with Crippen LogP contribution < -0.4 is 11.1 Å². The summed E-state index contributed by atoms with van der Waals surface area (Å²) in [6.07, 6.45) is 12.9. The minimum Gasteiger partial charge on any atom is -0.383 e. The number of allylic oxidation sites excluding steroid dienone is 1. The molecule has 3 N–H and O–H groups in total. The number of hydrogen-bond acceptors (Lipinski definition) is 5. The molecule has 0 radical (unpaired) electrons. The molecule has 4 rings (SSSR count). The van der Waals surface area contributed by atoms with Gasteiger partial charge in [-0.25, -0.2) is 4.98 Å². The number of nitrogens with zero attached hydrogens (tertiary/aromatic N) is 3. The Morgan fingerprint density at radius 3 is 2.85 bits per heavy atom. The molecule has 1 aliphatic carbocycles. The molecule has 0 saturated carbocycles. The van der Waals surface area contributed by atoms with E-state index in [2.05, 4.69) is 59.6 Å². The smallest absolute Gasteiger partial charge is 0.255 e. The molecule has 3 aromatic rings. The lowest BCUT2D eigenvalue weighted by Crippen LogP contribution is -2.44. The molecule has 2 aromatic heterocycles. The first-order chi connectivity index (χ1) is 16.4. The molecule has 0 unspecified atom stereocenters. The predicted octanol–water partition coefficient (Wildman–Crippen LogP) is 4.36. The lowest BCUT2D eigenvalue weighted by atomic mass is 10.0. The number of nitrogens with one attached hydrogen (secondary N) is 1. The van der Waals surface area contributed by atoms with Crippen LogP contribution in [0, 0.1) is 6.92 Å². The number of nitrogen functional groups attached to an aromatic ring is 1. The van der Waals surface area contributed by atoms with E-state index in [1.165, 1.54) is 11.1 Å². The number of pyridine rings is 1. The summed E-state index contributed by atoms with van der Waals surface area (Å²) in [6, 6.07) is 8.13. The molecule has 0 spiro atoms. The lowest BCUT2D eigenvalue weighted by Gasteiger charge is -2.27. The van der Waals surface area contributed by atoms with E-state index in [1.54, 1.807) is 23.1 Å².